The third kappa shape index (κ3) is 2.95. The Balaban J connectivity index is 3.41. The molecule has 0 aromatic heterocycles. The maximum atomic E-state index is 11.4. The summed E-state index contributed by atoms with van der Waals surface area (Å²) in [6.07, 6.45) is 0. The van der Waals surface area contributed by atoms with Gasteiger partial charge in [0.1, 0.15) is 0 Å². The van der Waals surface area contributed by atoms with Gasteiger partial charge in [0.05, 0.1) is 16.4 Å². The summed E-state index contributed by atoms with van der Waals surface area (Å²) in [6.45, 7) is 1.21. The predicted molar refractivity (Wildman–Crippen MR) is 64.1 cm³/mol. The quantitative estimate of drug-likeness (QED) is 0.285. The van der Waals surface area contributed by atoms with Gasteiger partial charge < -0.3 is 10.4 Å². The predicted octanol–water partition coefficient (Wildman–Crippen LogP) is 1.68. The molecular formula is C10H9ClN2O5. The molecule has 8 heteroatoms. The highest BCUT2D eigenvalue weighted by molar-refractivity contribution is 6.31. The lowest BCUT2D eigenvalue weighted by Crippen LogP contribution is -2.09. The first kappa shape index (κ1) is 13.9. The molecule has 0 spiro atoms. The van der Waals surface area contributed by atoms with Crippen LogP contribution < -0.4 is 5.32 Å². The van der Waals surface area contributed by atoms with Crippen molar-refractivity contribution in [2.45, 2.75) is 6.92 Å². The van der Waals surface area contributed by atoms with E-state index in [0.717, 1.165) is 12.1 Å². The van der Waals surface area contributed by atoms with Crippen LogP contribution in [0.15, 0.2) is 12.1 Å². The Hall–Kier alpha value is -2.15. The molecule has 0 heterocycles. The number of nitrogens with zero attached hydrogens (tertiary/aromatic N) is 1. The van der Waals surface area contributed by atoms with Crippen LogP contribution in [0.25, 0.3) is 0 Å². The summed E-state index contributed by atoms with van der Waals surface area (Å²) in [5.41, 5.74) is -0.932. The molecule has 0 aliphatic carbocycles. The molecular weight excluding hydrogens is 264 g/mol. The summed E-state index contributed by atoms with van der Waals surface area (Å²) in [6, 6.07) is 2.09. The number of phenols is 1. The largest absolute Gasteiger partial charge is 0.502 e. The topological polar surface area (TPSA) is 110 Å². The molecule has 1 aromatic rings. The number of nitrogens with one attached hydrogen (secondary N) is 1. The fourth-order valence-corrected chi connectivity index (χ4v) is 1.46. The monoisotopic (exact) mass is 272 g/mol. The number of ketones is 1. The minimum Gasteiger partial charge on any atom is -0.502 e. The van der Waals surface area contributed by atoms with Gasteiger partial charge in [-0.05, 0) is 6.07 Å². The summed E-state index contributed by atoms with van der Waals surface area (Å²) in [4.78, 5) is 32.2. The van der Waals surface area contributed by atoms with E-state index in [1.165, 1.54) is 6.92 Å². The molecule has 1 amide bonds. The second-order valence-electron chi connectivity index (χ2n) is 3.39. The van der Waals surface area contributed by atoms with Gasteiger partial charge in [-0.25, -0.2) is 0 Å². The Labute approximate surface area is 107 Å². The molecule has 96 valence electrons. The number of halogens is 1. The zero-order valence-corrected chi connectivity index (χ0v) is 10.0. The molecule has 0 saturated carbocycles. The van der Waals surface area contributed by atoms with Gasteiger partial charge in [-0.1, -0.05) is 0 Å². The smallest absolute Gasteiger partial charge is 0.313 e. The summed E-state index contributed by atoms with van der Waals surface area (Å²) >= 11 is 5.33. The molecule has 0 fully saturated rings. The van der Waals surface area contributed by atoms with Gasteiger partial charge in [0.2, 0.25) is 11.7 Å². The third-order valence-electron chi connectivity index (χ3n) is 2.03. The number of amides is 1. The first-order valence-corrected chi connectivity index (χ1v) is 5.28. The van der Waals surface area contributed by atoms with Crippen LogP contribution in [0.4, 0.5) is 11.4 Å². The van der Waals surface area contributed by atoms with Gasteiger partial charge in [-0.15, -0.1) is 11.6 Å². The highest BCUT2D eigenvalue weighted by Crippen LogP contribution is 2.33. The number of carbonyl (C=O) groups is 2. The van der Waals surface area contributed by atoms with Crippen LogP contribution in [0.1, 0.15) is 17.3 Å². The van der Waals surface area contributed by atoms with Crippen molar-refractivity contribution in [1.29, 1.82) is 0 Å². The van der Waals surface area contributed by atoms with Gasteiger partial charge in [0.25, 0.3) is 0 Å². The van der Waals surface area contributed by atoms with Gasteiger partial charge in [-0.3, -0.25) is 19.7 Å². The van der Waals surface area contributed by atoms with Crippen molar-refractivity contribution in [1.82, 2.24) is 0 Å². The lowest BCUT2D eigenvalue weighted by atomic mass is 10.1. The van der Waals surface area contributed by atoms with Crippen molar-refractivity contribution in [3.8, 4) is 5.75 Å². The fourth-order valence-electron chi connectivity index (χ4n) is 1.32. The Kier molecular flexibility index (Phi) is 4.22. The normalized spacial score (nSPS) is 9.89. The van der Waals surface area contributed by atoms with E-state index in [9.17, 15) is 24.8 Å². The van der Waals surface area contributed by atoms with Crippen LogP contribution in [0.3, 0.4) is 0 Å². The van der Waals surface area contributed by atoms with Crippen molar-refractivity contribution in [2.24, 2.45) is 0 Å². The average molecular weight is 273 g/mol. The summed E-state index contributed by atoms with van der Waals surface area (Å²) in [7, 11) is 0. The van der Waals surface area contributed by atoms with E-state index in [1.807, 2.05) is 0 Å². The summed E-state index contributed by atoms with van der Waals surface area (Å²) in [5, 5.41) is 22.6. The molecule has 1 rings (SSSR count). The van der Waals surface area contributed by atoms with E-state index < -0.39 is 33.9 Å². The Morgan fingerprint density at radius 3 is 2.56 bits per heavy atom. The van der Waals surface area contributed by atoms with E-state index >= 15 is 0 Å². The van der Waals surface area contributed by atoms with Crippen molar-refractivity contribution in [3.63, 3.8) is 0 Å². The van der Waals surface area contributed by atoms with Crippen molar-refractivity contribution in [2.75, 3.05) is 11.2 Å². The highest BCUT2D eigenvalue weighted by Gasteiger charge is 2.23. The van der Waals surface area contributed by atoms with Gasteiger partial charge in [0.15, 0.2) is 5.78 Å². The highest BCUT2D eigenvalue weighted by atomic mass is 35.5. The summed E-state index contributed by atoms with van der Waals surface area (Å²) < 4.78 is 0. The minimum atomic E-state index is -0.855. The van der Waals surface area contributed by atoms with Gasteiger partial charge >= 0.3 is 5.69 Å². The van der Waals surface area contributed by atoms with Gasteiger partial charge in [0, 0.05) is 18.7 Å². The first-order valence-electron chi connectivity index (χ1n) is 4.75. The standard InChI is InChI=1S/C10H9ClN2O5/c1-5(14)12-6-2-7(9(15)4-11)10(16)8(3-6)13(17)18/h2-3,16H,4H2,1H3,(H,12,14). The zero-order valence-electron chi connectivity index (χ0n) is 9.27. The number of nitro benzene ring substituents is 1. The maximum absolute atomic E-state index is 11.4. The van der Waals surface area contributed by atoms with Gasteiger partial charge in [-0.2, -0.15) is 0 Å². The molecule has 0 unspecified atom stereocenters. The van der Waals surface area contributed by atoms with Crippen LogP contribution in [0.2, 0.25) is 0 Å². The number of rotatable bonds is 4. The molecule has 0 radical (unpaired) electrons. The van der Waals surface area contributed by atoms with Crippen LogP contribution in [-0.2, 0) is 4.79 Å². The summed E-state index contributed by atoms with van der Waals surface area (Å²) in [5.74, 6) is -2.34. The maximum Gasteiger partial charge on any atom is 0.313 e. The molecule has 1 aromatic carbocycles. The average Bonchev–Trinajstić information content (AvgIpc) is 2.29. The fraction of sp³-hybridized carbons (Fsp3) is 0.200. The molecule has 0 aliphatic rings. The Morgan fingerprint density at radius 2 is 2.11 bits per heavy atom. The third-order valence-corrected chi connectivity index (χ3v) is 2.27. The van der Waals surface area contributed by atoms with Crippen LogP contribution in [0.5, 0.6) is 5.75 Å². The molecule has 7 nitrogen and oxygen atoms in total. The lowest BCUT2D eigenvalue weighted by Gasteiger charge is -2.07. The number of hydrogen-bond acceptors (Lipinski definition) is 5. The van der Waals surface area contributed by atoms with Crippen molar-refractivity contribution >= 4 is 34.7 Å². The molecule has 2 N–H and O–H groups in total. The molecule has 0 atom stereocenters. The lowest BCUT2D eigenvalue weighted by molar-refractivity contribution is -0.385. The second kappa shape index (κ2) is 5.46. The molecule has 0 bridgehead atoms. The van der Waals surface area contributed by atoms with E-state index in [4.69, 9.17) is 11.6 Å². The molecule has 18 heavy (non-hydrogen) atoms. The van der Waals surface area contributed by atoms with Crippen LogP contribution in [0, 0.1) is 10.1 Å². The van der Waals surface area contributed by atoms with Crippen LogP contribution in [-0.4, -0.2) is 27.6 Å². The second-order valence-corrected chi connectivity index (χ2v) is 3.65. The number of Topliss-reactive ketones (excluding diaryl/α,β-unsaturated/α-hetero) is 1. The van der Waals surface area contributed by atoms with Crippen molar-refractivity contribution in [3.05, 3.63) is 27.8 Å². The Morgan fingerprint density at radius 1 is 1.50 bits per heavy atom. The first-order chi connectivity index (χ1) is 8.36. The number of anilines is 1. The number of hydrogen-bond donors (Lipinski definition) is 2. The van der Waals surface area contributed by atoms with Crippen LogP contribution >= 0.6 is 11.6 Å². The molecule has 0 saturated heterocycles. The van der Waals surface area contributed by atoms with E-state index in [1.54, 1.807) is 0 Å². The molecule has 0 aliphatic heterocycles. The Bertz CT molecular complexity index is 529. The van der Waals surface area contributed by atoms with Crippen molar-refractivity contribution < 1.29 is 19.6 Å². The van der Waals surface area contributed by atoms with E-state index in [-0.39, 0.29) is 11.3 Å². The number of carbonyl (C=O) groups excluding carboxylic acids is 2. The zero-order chi connectivity index (χ0) is 13.9. The number of alkyl halides is 1. The van der Waals surface area contributed by atoms with E-state index in [0.29, 0.717) is 0 Å². The SMILES string of the molecule is CC(=O)Nc1cc(C(=O)CCl)c(O)c([N+](=O)[O-])c1. The van der Waals surface area contributed by atoms with E-state index in [2.05, 4.69) is 5.32 Å². The minimum absolute atomic E-state index is 0.0421. The number of phenolic OH excluding ortho intramolecular Hbond substituents is 1. The number of benzene rings is 1. The number of aromatic hydroxyl groups is 1. The number of nitro groups is 1.